The van der Waals surface area contributed by atoms with Crippen LogP contribution in [0.3, 0.4) is 0 Å². The largest absolute Gasteiger partial charge is 0.393 e. The van der Waals surface area contributed by atoms with E-state index in [0.29, 0.717) is 11.8 Å². The van der Waals surface area contributed by atoms with E-state index < -0.39 is 0 Å². The lowest BCUT2D eigenvalue weighted by atomic mass is 9.87. The van der Waals surface area contributed by atoms with Crippen molar-refractivity contribution in [2.45, 2.75) is 342 Å². The van der Waals surface area contributed by atoms with E-state index in [-0.39, 0.29) is 6.10 Å². The molecule has 2 amide bonds. The first-order valence-electron chi connectivity index (χ1n) is 31.9. The van der Waals surface area contributed by atoms with Crippen molar-refractivity contribution in [2.24, 2.45) is 5.92 Å². The quantitative estimate of drug-likeness (QED) is 0.0617. The summed E-state index contributed by atoms with van der Waals surface area (Å²) in [7, 11) is 0. The smallest absolute Gasteiger partial charge is 0.222 e. The van der Waals surface area contributed by atoms with Crippen LogP contribution >= 0.6 is 0 Å². The number of rotatable bonds is 54. The van der Waals surface area contributed by atoms with Gasteiger partial charge in [0.25, 0.3) is 0 Å². The Balaban J connectivity index is 2.46. The molecule has 1 aliphatic carbocycles. The van der Waals surface area contributed by atoms with Gasteiger partial charge in [0.1, 0.15) is 0 Å². The molecule has 0 atom stereocenters. The molecule has 0 aromatic heterocycles. The van der Waals surface area contributed by atoms with Crippen LogP contribution in [0.2, 0.25) is 0 Å². The van der Waals surface area contributed by atoms with E-state index in [4.69, 9.17) is 0 Å². The van der Waals surface area contributed by atoms with E-state index in [1.807, 2.05) is 0 Å². The van der Waals surface area contributed by atoms with Crippen molar-refractivity contribution in [2.75, 3.05) is 45.8 Å². The lowest BCUT2D eigenvalue weighted by molar-refractivity contribution is -0.132. The monoisotopic (exact) mass is 972 g/mol. The predicted octanol–water partition coefficient (Wildman–Crippen LogP) is 18.7. The molecule has 410 valence electrons. The summed E-state index contributed by atoms with van der Waals surface area (Å²) in [5.74, 6) is 1.56. The number of aliphatic hydroxyl groups excluding tert-OH is 1. The fourth-order valence-electron chi connectivity index (χ4n) is 11.1. The molecule has 0 saturated heterocycles. The van der Waals surface area contributed by atoms with E-state index in [0.717, 1.165) is 70.6 Å². The van der Waals surface area contributed by atoms with Gasteiger partial charge in [-0.3, -0.25) is 9.59 Å². The van der Waals surface area contributed by atoms with E-state index in [2.05, 4.69) is 42.4 Å². The molecule has 0 aliphatic heterocycles. The molecule has 0 radical (unpaired) electrons. The molecule has 0 spiro atoms. The van der Waals surface area contributed by atoms with Crippen LogP contribution in [0.1, 0.15) is 336 Å². The first kappa shape index (κ1) is 65.9. The van der Waals surface area contributed by atoms with Gasteiger partial charge >= 0.3 is 0 Å². The summed E-state index contributed by atoms with van der Waals surface area (Å²) in [6, 6.07) is 0. The minimum Gasteiger partial charge on any atom is -0.393 e. The number of unbranched alkanes of at least 4 members (excludes halogenated alkanes) is 36. The van der Waals surface area contributed by atoms with Crippen LogP contribution in [0, 0.1) is 5.92 Å². The molecule has 1 aliphatic rings. The van der Waals surface area contributed by atoms with Gasteiger partial charge in [-0.15, -0.1) is 0 Å². The zero-order chi connectivity index (χ0) is 49.9. The third kappa shape index (κ3) is 43.0. The van der Waals surface area contributed by atoms with Gasteiger partial charge in [0.2, 0.25) is 11.8 Å². The number of amides is 2. The molecule has 0 aromatic carbocycles. The van der Waals surface area contributed by atoms with Gasteiger partial charge in [0, 0.05) is 45.6 Å². The highest BCUT2D eigenvalue weighted by Gasteiger charge is 2.22. The minimum atomic E-state index is -0.0851. The third-order valence-corrected chi connectivity index (χ3v) is 15.9. The lowest BCUT2D eigenvalue weighted by Gasteiger charge is -2.31. The van der Waals surface area contributed by atoms with Gasteiger partial charge in [-0.2, -0.15) is 0 Å². The van der Waals surface area contributed by atoms with Crippen LogP contribution in [0.15, 0.2) is 0 Å². The highest BCUT2D eigenvalue weighted by atomic mass is 16.3. The molecule has 1 saturated carbocycles. The van der Waals surface area contributed by atoms with E-state index >= 15 is 0 Å². The topological polar surface area (TPSA) is 64.1 Å². The normalized spacial score (nSPS) is 15.1. The van der Waals surface area contributed by atoms with Crippen LogP contribution in [0.4, 0.5) is 0 Å². The van der Waals surface area contributed by atoms with Crippen LogP contribution in [0.5, 0.6) is 0 Å². The molecule has 0 bridgehead atoms. The van der Waals surface area contributed by atoms with Gasteiger partial charge in [0.05, 0.1) is 6.10 Å². The highest BCUT2D eigenvalue weighted by molar-refractivity contribution is 5.76. The second-order valence-corrected chi connectivity index (χ2v) is 22.7. The Morgan fingerprint density at radius 1 is 0.319 bits per heavy atom. The zero-order valence-corrected chi connectivity index (χ0v) is 47.7. The maximum Gasteiger partial charge on any atom is 0.222 e. The Hall–Kier alpha value is -1.14. The van der Waals surface area contributed by atoms with Crippen LogP contribution in [-0.4, -0.2) is 83.5 Å². The number of aliphatic hydroxyl groups is 1. The summed E-state index contributed by atoms with van der Waals surface area (Å²) in [6.07, 6.45) is 59.9. The summed E-state index contributed by atoms with van der Waals surface area (Å²) in [5, 5.41) is 10.2. The van der Waals surface area contributed by atoms with Crippen molar-refractivity contribution in [3.63, 3.8) is 0 Å². The third-order valence-electron chi connectivity index (χ3n) is 15.9. The summed E-state index contributed by atoms with van der Waals surface area (Å²) < 4.78 is 0. The van der Waals surface area contributed by atoms with Gasteiger partial charge < -0.3 is 19.8 Å². The first-order valence-corrected chi connectivity index (χ1v) is 31.9. The van der Waals surface area contributed by atoms with Crippen molar-refractivity contribution in [3.8, 4) is 0 Å². The Bertz CT molecular complexity index is 952. The van der Waals surface area contributed by atoms with Crippen LogP contribution in [-0.2, 0) is 9.59 Å². The molecule has 1 rings (SSSR count). The standard InChI is InChI=1S/C63H125N3O3/c1-5-9-13-17-21-25-35-43-55-65(56-44-36-26-22-18-14-10-6-2)62(68)47-39-31-29-33-41-53-64(59-60-49-51-61(67)52-50-60)54-42-34-30-32-40-48-63(69)66(57-45-37-27-23-19-15-11-7-3)58-46-38-28-24-20-16-12-8-4/h60-61,67H,5-59H2,1-4H3. The van der Waals surface area contributed by atoms with Gasteiger partial charge in [-0.1, -0.05) is 246 Å². The van der Waals surface area contributed by atoms with Crippen LogP contribution in [0.25, 0.3) is 0 Å². The van der Waals surface area contributed by atoms with E-state index in [1.165, 1.54) is 289 Å². The summed E-state index contributed by atoms with van der Waals surface area (Å²) in [4.78, 5) is 34.3. The fourth-order valence-corrected chi connectivity index (χ4v) is 11.1. The van der Waals surface area contributed by atoms with Crippen molar-refractivity contribution < 1.29 is 14.7 Å². The molecule has 0 aromatic rings. The van der Waals surface area contributed by atoms with Crippen molar-refractivity contribution in [1.29, 1.82) is 0 Å². The Kier molecular flexibility index (Phi) is 49.4. The molecule has 1 fully saturated rings. The van der Waals surface area contributed by atoms with Gasteiger partial charge in [-0.05, 0) is 96.1 Å². The molecule has 0 unspecified atom stereocenters. The van der Waals surface area contributed by atoms with E-state index in [9.17, 15) is 14.7 Å². The summed E-state index contributed by atoms with van der Waals surface area (Å²) in [6.45, 7) is 16.6. The molecule has 69 heavy (non-hydrogen) atoms. The molecule has 0 heterocycles. The predicted molar refractivity (Wildman–Crippen MR) is 303 cm³/mol. The molecule has 6 nitrogen and oxygen atoms in total. The number of hydrogen-bond acceptors (Lipinski definition) is 4. The first-order chi connectivity index (χ1) is 33.9. The number of nitrogens with zero attached hydrogens (tertiary/aromatic N) is 3. The number of carbonyl (C=O) groups is 2. The number of carbonyl (C=O) groups excluding carboxylic acids is 2. The Labute approximate surface area is 433 Å². The average Bonchev–Trinajstić information content (AvgIpc) is 3.35. The van der Waals surface area contributed by atoms with Crippen LogP contribution < -0.4 is 0 Å². The summed E-state index contributed by atoms with van der Waals surface area (Å²) in [5.41, 5.74) is 0. The number of hydrogen-bond donors (Lipinski definition) is 1. The average molecular weight is 973 g/mol. The highest BCUT2D eigenvalue weighted by Crippen LogP contribution is 2.26. The second-order valence-electron chi connectivity index (χ2n) is 22.7. The Morgan fingerprint density at radius 3 is 0.826 bits per heavy atom. The second kappa shape index (κ2) is 51.7. The SMILES string of the molecule is CCCCCCCCCCN(CCCCCCCCCC)C(=O)CCCCCCCN(CCCCCCCC(=O)N(CCCCCCCCCC)CCCCCCCCCC)CC1CCC(O)CC1. The maximum absolute atomic E-state index is 13.5. The van der Waals surface area contributed by atoms with Crippen molar-refractivity contribution >= 4 is 11.8 Å². The molecule has 6 heteroatoms. The van der Waals surface area contributed by atoms with E-state index in [1.54, 1.807) is 0 Å². The lowest BCUT2D eigenvalue weighted by Crippen LogP contribution is -2.34. The van der Waals surface area contributed by atoms with Gasteiger partial charge in [0.15, 0.2) is 0 Å². The van der Waals surface area contributed by atoms with Crippen molar-refractivity contribution in [1.82, 2.24) is 14.7 Å². The molecular weight excluding hydrogens is 847 g/mol. The van der Waals surface area contributed by atoms with Crippen molar-refractivity contribution in [3.05, 3.63) is 0 Å². The fraction of sp³-hybridized carbons (Fsp3) is 0.968. The Morgan fingerprint density at radius 2 is 0.551 bits per heavy atom. The summed E-state index contributed by atoms with van der Waals surface area (Å²) >= 11 is 0. The minimum absolute atomic E-state index is 0.0851. The zero-order valence-electron chi connectivity index (χ0n) is 47.7. The molecule has 1 N–H and O–H groups in total. The van der Waals surface area contributed by atoms with Gasteiger partial charge in [-0.25, -0.2) is 0 Å². The maximum atomic E-state index is 13.5. The molecular formula is C63H125N3O3.